The van der Waals surface area contributed by atoms with Crippen molar-refractivity contribution >= 4 is 28.4 Å². The van der Waals surface area contributed by atoms with Crippen molar-refractivity contribution in [1.82, 2.24) is 19.5 Å². The van der Waals surface area contributed by atoms with E-state index in [1.807, 2.05) is 4.57 Å². The van der Waals surface area contributed by atoms with Gasteiger partial charge in [0.2, 0.25) is 0 Å². The third kappa shape index (κ3) is 2.47. The lowest BCUT2D eigenvalue weighted by Crippen LogP contribution is -2.07. The molecule has 2 aromatic heterocycles. The van der Waals surface area contributed by atoms with Crippen molar-refractivity contribution in [3.05, 3.63) is 21.8 Å². The predicted octanol–water partition coefficient (Wildman–Crippen LogP) is 2.50. The van der Waals surface area contributed by atoms with Gasteiger partial charge in [0.1, 0.15) is 11.5 Å². The molecule has 0 saturated carbocycles. The molecule has 5 nitrogen and oxygen atoms in total. The molecule has 0 spiro atoms. The van der Waals surface area contributed by atoms with E-state index in [1.165, 1.54) is 0 Å². The van der Waals surface area contributed by atoms with Crippen molar-refractivity contribution in [2.24, 2.45) is 0 Å². The standard InChI is InChI=1S/C12H16IN5/c1-3-5-8-10(13)11(14)17-12(16-8)9-6-15-7-18(9)4-2/h6-7H,3-5H2,1-2H3,(H2,14,16,17). The van der Waals surface area contributed by atoms with Gasteiger partial charge in [-0.1, -0.05) is 13.3 Å². The molecule has 18 heavy (non-hydrogen) atoms. The highest BCUT2D eigenvalue weighted by Gasteiger charge is 2.13. The quantitative estimate of drug-likeness (QED) is 0.854. The molecule has 0 fully saturated rings. The maximum Gasteiger partial charge on any atom is 0.180 e. The summed E-state index contributed by atoms with van der Waals surface area (Å²) < 4.78 is 2.97. The van der Waals surface area contributed by atoms with E-state index < -0.39 is 0 Å². The summed E-state index contributed by atoms with van der Waals surface area (Å²) in [5.74, 6) is 1.21. The van der Waals surface area contributed by atoms with Crippen LogP contribution in [0.25, 0.3) is 11.5 Å². The summed E-state index contributed by atoms with van der Waals surface area (Å²) in [4.78, 5) is 13.1. The number of hydrogen-bond donors (Lipinski definition) is 1. The number of aromatic nitrogens is 4. The molecule has 0 aliphatic rings. The molecule has 0 atom stereocenters. The zero-order valence-electron chi connectivity index (χ0n) is 10.5. The molecule has 0 bridgehead atoms. The number of anilines is 1. The zero-order chi connectivity index (χ0) is 13.1. The molecule has 0 amide bonds. The fourth-order valence-electron chi connectivity index (χ4n) is 1.79. The van der Waals surface area contributed by atoms with Gasteiger partial charge in [0.25, 0.3) is 0 Å². The molecule has 0 radical (unpaired) electrons. The molecular formula is C12H16IN5. The van der Waals surface area contributed by atoms with Gasteiger partial charge in [-0.05, 0) is 35.9 Å². The Labute approximate surface area is 120 Å². The van der Waals surface area contributed by atoms with E-state index in [2.05, 4.69) is 51.4 Å². The maximum atomic E-state index is 5.96. The number of hydrogen-bond acceptors (Lipinski definition) is 4. The Morgan fingerprint density at radius 2 is 2.11 bits per heavy atom. The van der Waals surface area contributed by atoms with E-state index in [0.29, 0.717) is 11.6 Å². The highest BCUT2D eigenvalue weighted by atomic mass is 127. The van der Waals surface area contributed by atoms with Gasteiger partial charge in [-0.2, -0.15) is 0 Å². The first-order chi connectivity index (χ1) is 8.67. The lowest BCUT2D eigenvalue weighted by Gasteiger charge is -2.09. The lowest BCUT2D eigenvalue weighted by atomic mass is 10.2. The summed E-state index contributed by atoms with van der Waals surface area (Å²) in [6, 6.07) is 0. The fourth-order valence-corrected chi connectivity index (χ4v) is 2.30. The van der Waals surface area contributed by atoms with E-state index >= 15 is 0 Å². The molecule has 0 aliphatic carbocycles. The third-order valence-corrected chi connectivity index (χ3v) is 3.89. The van der Waals surface area contributed by atoms with E-state index in [9.17, 15) is 0 Å². The van der Waals surface area contributed by atoms with Crippen LogP contribution >= 0.6 is 22.6 Å². The van der Waals surface area contributed by atoms with Gasteiger partial charge >= 0.3 is 0 Å². The Morgan fingerprint density at radius 3 is 2.78 bits per heavy atom. The first kappa shape index (κ1) is 13.3. The van der Waals surface area contributed by atoms with Crippen LogP contribution in [-0.4, -0.2) is 19.5 Å². The van der Waals surface area contributed by atoms with Crippen LogP contribution in [0.2, 0.25) is 0 Å². The summed E-state index contributed by atoms with van der Waals surface area (Å²) in [5, 5.41) is 0. The fraction of sp³-hybridized carbons (Fsp3) is 0.417. The summed E-state index contributed by atoms with van der Waals surface area (Å²) in [6.07, 6.45) is 5.52. The molecule has 0 aliphatic heterocycles. The highest BCUT2D eigenvalue weighted by Crippen LogP contribution is 2.22. The smallest absolute Gasteiger partial charge is 0.180 e. The van der Waals surface area contributed by atoms with Crippen LogP contribution in [0, 0.1) is 3.57 Å². The molecule has 0 unspecified atom stereocenters. The number of nitrogen functional groups attached to an aromatic ring is 1. The van der Waals surface area contributed by atoms with Crippen LogP contribution in [0.1, 0.15) is 26.0 Å². The van der Waals surface area contributed by atoms with Gasteiger partial charge in [0, 0.05) is 6.54 Å². The number of nitrogens with two attached hydrogens (primary N) is 1. The van der Waals surface area contributed by atoms with Crippen molar-refractivity contribution in [1.29, 1.82) is 0 Å². The molecule has 2 heterocycles. The molecule has 2 aromatic rings. The van der Waals surface area contributed by atoms with Gasteiger partial charge in [0.15, 0.2) is 5.82 Å². The van der Waals surface area contributed by atoms with Gasteiger partial charge in [0.05, 0.1) is 21.8 Å². The molecule has 0 saturated heterocycles. The van der Waals surface area contributed by atoms with Crippen LogP contribution in [0.3, 0.4) is 0 Å². The third-order valence-electron chi connectivity index (χ3n) is 2.71. The zero-order valence-corrected chi connectivity index (χ0v) is 12.7. The monoisotopic (exact) mass is 357 g/mol. The second-order valence-corrected chi connectivity index (χ2v) is 5.09. The SMILES string of the molecule is CCCc1nc(-c2cncn2CC)nc(N)c1I. The normalized spacial score (nSPS) is 10.8. The molecule has 96 valence electrons. The van der Waals surface area contributed by atoms with Crippen LogP contribution in [-0.2, 0) is 13.0 Å². The Balaban J connectivity index is 2.52. The van der Waals surface area contributed by atoms with Crippen molar-refractivity contribution in [3.63, 3.8) is 0 Å². The predicted molar refractivity (Wildman–Crippen MR) is 80.1 cm³/mol. The minimum atomic E-state index is 0.549. The van der Waals surface area contributed by atoms with E-state index in [4.69, 9.17) is 5.73 Å². The first-order valence-corrected chi connectivity index (χ1v) is 7.07. The van der Waals surface area contributed by atoms with E-state index in [1.54, 1.807) is 12.5 Å². The van der Waals surface area contributed by atoms with E-state index in [0.717, 1.165) is 34.3 Å². The Hall–Kier alpha value is -1.18. The molecule has 2 N–H and O–H groups in total. The summed E-state index contributed by atoms with van der Waals surface area (Å²) in [6.45, 7) is 5.03. The van der Waals surface area contributed by atoms with Crippen molar-refractivity contribution in [3.8, 4) is 11.5 Å². The van der Waals surface area contributed by atoms with Crippen LogP contribution < -0.4 is 5.73 Å². The van der Waals surface area contributed by atoms with Crippen molar-refractivity contribution < 1.29 is 0 Å². The number of imidazole rings is 1. The number of halogens is 1. The largest absolute Gasteiger partial charge is 0.383 e. The summed E-state index contributed by atoms with van der Waals surface area (Å²) in [5.41, 5.74) is 7.89. The maximum absolute atomic E-state index is 5.96. The minimum Gasteiger partial charge on any atom is -0.383 e. The number of rotatable bonds is 4. The lowest BCUT2D eigenvalue weighted by molar-refractivity contribution is 0.761. The molecule has 0 aromatic carbocycles. The van der Waals surface area contributed by atoms with E-state index in [-0.39, 0.29) is 0 Å². The van der Waals surface area contributed by atoms with Gasteiger partial charge < -0.3 is 10.3 Å². The molecule has 2 rings (SSSR count). The first-order valence-electron chi connectivity index (χ1n) is 5.99. The molecule has 6 heteroatoms. The van der Waals surface area contributed by atoms with Gasteiger partial charge in [-0.25, -0.2) is 15.0 Å². The summed E-state index contributed by atoms with van der Waals surface area (Å²) in [7, 11) is 0. The van der Waals surface area contributed by atoms with Gasteiger partial charge in [-0.15, -0.1) is 0 Å². The Bertz CT molecular complexity index is 549. The average Bonchev–Trinajstić information content (AvgIpc) is 2.83. The van der Waals surface area contributed by atoms with Crippen LogP contribution in [0.4, 0.5) is 5.82 Å². The minimum absolute atomic E-state index is 0.549. The number of aryl methyl sites for hydroxylation is 2. The topological polar surface area (TPSA) is 69.6 Å². The molecular weight excluding hydrogens is 341 g/mol. The average molecular weight is 357 g/mol. The van der Waals surface area contributed by atoms with Crippen LogP contribution in [0.15, 0.2) is 12.5 Å². The van der Waals surface area contributed by atoms with Crippen molar-refractivity contribution in [2.75, 3.05) is 5.73 Å². The van der Waals surface area contributed by atoms with Gasteiger partial charge in [-0.3, -0.25) is 0 Å². The van der Waals surface area contributed by atoms with Crippen molar-refractivity contribution in [2.45, 2.75) is 33.2 Å². The Kier molecular flexibility index (Phi) is 4.15. The summed E-state index contributed by atoms with van der Waals surface area (Å²) >= 11 is 2.21. The second-order valence-electron chi connectivity index (χ2n) is 4.01. The highest BCUT2D eigenvalue weighted by molar-refractivity contribution is 14.1. The van der Waals surface area contributed by atoms with Crippen LogP contribution in [0.5, 0.6) is 0 Å². The Morgan fingerprint density at radius 1 is 1.33 bits per heavy atom. The number of nitrogens with zero attached hydrogens (tertiary/aromatic N) is 4. The second kappa shape index (κ2) is 5.64.